The zero-order chi connectivity index (χ0) is 15.3. The van der Waals surface area contributed by atoms with E-state index in [-0.39, 0.29) is 21.7 Å². The molecule has 0 bridgehead atoms. The van der Waals surface area contributed by atoms with Crippen LogP contribution >= 0.6 is 0 Å². The van der Waals surface area contributed by atoms with Crippen molar-refractivity contribution < 1.29 is 40.9 Å². The first-order valence-electron chi connectivity index (χ1n) is 5.51. The van der Waals surface area contributed by atoms with Gasteiger partial charge in [0.05, 0.1) is 0 Å². The molecular formula is C12H32O4SiTi. The van der Waals surface area contributed by atoms with E-state index >= 15 is 0 Å². The minimum Gasteiger partial charge on any atom is -0.368 e. The van der Waals surface area contributed by atoms with Crippen molar-refractivity contribution in [2.45, 2.75) is 55.4 Å². The maximum absolute atomic E-state index is 7.33. The molecule has 0 amide bonds. The van der Waals surface area contributed by atoms with Gasteiger partial charge in [-0.25, -0.2) is 0 Å². The predicted molar refractivity (Wildman–Crippen MR) is 77.2 cm³/mol. The molecule has 0 aromatic rings. The van der Waals surface area contributed by atoms with Gasteiger partial charge in [-0.05, 0) is 0 Å². The molecule has 4 N–H and O–H groups in total. The quantitative estimate of drug-likeness (QED) is 0.408. The average molecular weight is 316 g/mol. The van der Waals surface area contributed by atoms with Gasteiger partial charge < -0.3 is 44.9 Å². The fraction of sp³-hybridized carbons (Fsp3) is 0.667. The fourth-order valence-electron chi connectivity index (χ4n) is 0. The normalized spacial score (nSPS) is 7.33. The Morgan fingerprint density at radius 3 is 0.500 bits per heavy atom. The molecule has 6 heteroatoms. The van der Waals surface area contributed by atoms with Crippen molar-refractivity contribution >= 4 is 9.05 Å². The monoisotopic (exact) mass is 316 g/mol. The smallest absolute Gasteiger partial charge is 0.368 e. The molecule has 0 spiro atoms. The Balaban J connectivity index is -0.0000000252. The van der Waals surface area contributed by atoms with Crippen LogP contribution in [0.2, 0.25) is 0 Å². The molecule has 0 saturated heterocycles. The van der Waals surface area contributed by atoms with Gasteiger partial charge in [-0.15, -0.1) is 0 Å². The molecule has 0 unspecified atom stereocenters. The zero-order valence-electron chi connectivity index (χ0n) is 13.1. The van der Waals surface area contributed by atoms with E-state index in [0.717, 1.165) is 0 Å². The summed E-state index contributed by atoms with van der Waals surface area (Å²) in [7, 11) is -4.61. The molecule has 0 fully saturated rings. The Morgan fingerprint density at radius 1 is 0.500 bits per heavy atom. The van der Waals surface area contributed by atoms with E-state index in [1.807, 2.05) is 81.1 Å². The third kappa shape index (κ3) is 7010. The van der Waals surface area contributed by atoms with Gasteiger partial charge in [-0.1, -0.05) is 0 Å². The Bertz CT molecular complexity index is 67.0. The SMILES string of the molecule is C[CH-]C.C[CH-]C.C[CH-]C.C[CH-]C.O[Si](O)(O)O.[Ti+4]. The Morgan fingerprint density at radius 2 is 0.500 bits per heavy atom. The summed E-state index contributed by atoms with van der Waals surface area (Å²) >= 11 is 0. The zero-order valence-corrected chi connectivity index (χ0v) is 15.7. The third-order valence-corrected chi connectivity index (χ3v) is 0. The molecule has 0 saturated carbocycles. The van der Waals surface area contributed by atoms with E-state index < -0.39 is 9.05 Å². The van der Waals surface area contributed by atoms with E-state index in [1.165, 1.54) is 0 Å². The van der Waals surface area contributed by atoms with Crippen LogP contribution in [-0.2, 0) is 21.7 Å². The molecule has 0 atom stereocenters. The Labute approximate surface area is 131 Å². The van der Waals surface area contributed by atoms with Gasteiger partial charge in [-0.3, -0.25) is 0 Å². The summed E-state index contributed by atoms with van der Waals surface area (Å²) in [6.07, 6.45) is 8.00. The largest absolute Gasteiger partial charge is 4.00 e. The van der Waals surface area contributed by atoms with E-state index in [0.29, 0.717) is 0 Å². The molecule has 112 valence electrons. The molecule has 0 aliphatic carbocycles. The Hall–Kier alpha value is 0.771. The summed E-state index contributed by atoms with van der Waals surface area (Å²) in [5, 5.41) is 0. The third-order valence-electron chi connectivity index (χ3n) is 0. The van der Waals surface area contributed by atoms with Crippen molar-refractivity contribution in [2.24, 2.45) is 0 Å². The topological polar surface area (TPSA) is 80.9 Å². The molecule has 0 heterocycles. The first-order valence-corrected chi connectivity index (χ1v) is 7.30. The molecule has 0 aliphatic rings. The summed E-state index contributed by atoms with van der Waals surface area (Å²) < 4.78 is 0. The second-order valence-electron chi connectivity index (χ2n) is 2.91. The van der Waals surface area contributed by atoms with E-state index in [9.17, 15) is 0 Å². The standard InChI is InChI=1S/4C3H7.H4O4Si.Ti/c4*1-3-2;1-5(2,3)4;/h4*3H,1-2H3;1-4H;/q4*-1;;+4. The molecule has 18 heavy (non-hydrogen) atoms. The van der Waals surface area contributed by atoms with Crippen molar-refractivity contribution in [1.29, 1.82) is 0 Å². The maximum Gasteiger partial charge on any atom is 4.00 e. The second-order valence-corrected chi connectivity index (χ2v) is 4.11. The minimum atomic E-state index is -4.61. The van der Waals surface area contributed by atoms with E-state index in [4.69, 9.17) is 19.2 Å². The van der Waals surface area contributed by atoms with Crippen LogP contribution in [0.15, 0.2) is 0 Å². The van der Waals surface area contributed by atoms with Crippen LogP contribution < -0.4 is 0 Å². The van der Waals surface area contributed by atoms with Crippen molar-refractivity contribution in [1.82, 2.24) is 0 Å². The van der Waals surface area contributed by atoms with E-state index in [2.05, 4.69) is 0 Å². The molecule has 0 aromatic heterocycles. The van der Waals surface area contributed by atoms with Crippen molar-refractivity contribution in [3.63, 3.8) is 0 Å². The van der Waals surface area contributed by atoms with Gasteiger partial charge in [0.1, 0.15) is 0 Å². The number of rotatable bonds is 0. The minimum absolute atomic E-state index is 0. The van der Waals surface area contributed by atoms with Crippen LogP contribution in [0.1, 0.15) is 55.4 Å². The number of hydrogen-bond donors (Lipinski definition) is 4. The van der Waals surface area contributed by atoms with Gasteiger partial charge in [0.25, 0.3) is 0 Å². The first-order chi connectivity index (χ1) is 7.66. The maximum atomic E-state index is 7.33. The van der Waals surface area contributed by atoms with Crippen LogP contribution in [0, 0.1) is 25.7 Å². The summed E-state index contributed by atoms with van der Waals surface area (Å²) in [5.74, 6) is 0. The van der Waals surface area contributed by atoms with Crippen molar-refractivity contribution in [2.75, 3.05) is 0 Å². The van der Waals surface area contributed by atoms with Crippen LogP contribution in [-0.4, -0.2) is 28.2 Å². The molecule has 0 rings (SSSR count). The molecule has 0 aliphatic heterocycles. The molecular weight excluding hydrogens is 284 g/mol. The summed E-state index contributed by atoms with van der Waals surface area (Å²) in [4.78, 5) is 29.3. The van der Waals surface area contributed by atoms with Gasteiger partial charge in [0.15, 0.2) is 0 Å². The summed E-state index contributed by atoms with van der Waals surface area (Å²) in [6.45, 7) is 16.0. The summed E-state index contributed by atoms with van der Waals surface area (Å²) in [5.41, 5.74) is 0. The van der Waals surface area contributed by atoms with Crippen molar-refractivity contribution in [3.8, 4) is 0 Å². The first kappa shape index (κ1) is 36.3. The van der Waals surface area contributed by atoms with Gasteiger partial charge >= 0.3 is 30.8 Å². The van der Waals surface area contributed by atoms with Crippen LogP contribution in [0.25, 0.3) is 0 Å². The fourth-order valence-corrected chi connectivity index (χ4v) is 0. The molecule has 0 aromatic carbocycles. The van der Waals surface area contributed by atoms with Gasteiger partial charge in [-0.2, -0.15) is 55.4 Å². The predicted octanol–water partition coefficient (Wildman–Crippen LogP) is 2.31. The van der Waals surface area contributed by atoms with Gasteiger partial charge in [0, 0.05) is 0 Å². The van der Waals surface area contributed by atoms with Crippen LogP contribution in [0.5, 0.6) is 0 Å². The van der Waals surface area contributed by atoms with Crippen LogP contribution in [0.3, 0.4) is 0 Å². The van der Waals surface area contributed by atoms with Crippen LogP contribution in [0.4, 0.5) is 0 Å². The molecule has 4 nitrogen and oxygen atoms in total. The summed E-state index contributed by atoms with van der Waals surface area (Å²) in [6, 6.07) is 0. The van der Waals surface area contributed by atoms with Gasteiger partial charge in [0.2, 0.25) is 0 Å². The second kappa shape index (κ2) is 43.1. The van der Waals surface area contributed by atoms with Crippen molar-refractivity contribution in [3.05, 3.63) is 25.7 Å². The molecule has 0 radical (unpaired) electrons. The average Bonchev–Trinajstić information content (AvgIpc) is 2.04. The van der Waals surface area contributed by atoms with E-state index in [1.54, 1.807) is 0 Å². The Kier molecular flexibility index (Phi) is 87.0. The number of hydrogen-bond acceptors (Lipinski definition) is 4.